The van der Waals surface area contributed by atoms with Crippen LogP contribution in [0.15, 0.2) is 42.5 Å². The first-order chi connectivity index (χ1) is 13.0. The maximum atomic E-state index is 12.7. The zero-order chi connectivity index (χ0) is 19.4. The monoisotopic (exact) mass is 368 g/mol. The number of phenolic OH excluding ortho intramolecular Hbond substituents is 1. The van der Waals surface area contributed by atoms with Crippen molar-refractivity contribution >= 4 is 23.2 Å². The van der Waals surface area contributed by atoms with Gasteiger partial charge in [-0.1, -0.05) is 25.1 Å². The van der Waals surface area contributed by atoms with Crippen LogP contribution in [0.3, 0.4) is 0 Å². The van der Waals surface area contributed by atoms with Crippen LogP contribution in [-0.2, 0) is 20.7 Å². The van der Waals surface area contributed by atoms with Gasteiger partial charge in [0.2, 0.25) is 5.91 Å². The lowest BCUT2D eigenvalue weighted by atomic mass is 10.00. The van der Waals surface area contributed by atoms with E-state index >= 15 is 0 Å². The maximum absolute atomic E-state index is 12.7. The summed E-state index contributed by atoms with van der Waals surface area (Å²) in [7, 11) is 1.43. The Morgan fingerprint density at radius 1 is 1.26 bits per heavy atom. The second-order valence-corrected chi connectivity index (χ2v) is 6.55. The number of aryl methyl sites for hydroxylation is 1. The number of carbonyl (C=O) groups is 2. The summed E-state index contributed by atoms with van der Waals surface area (Å²) in [6.07, 6.45) is 1.11. The maximum Gasteiger partial charge on any atom is 0.258 e. The molecule has 0 saturated heterocycles. The molecule has 6 nitrogen and oxygen atoms in total. The van der Waals surface area contributed by atoms with Crippen molar-refractivity contribution in [2.75, 3.05) is 23.9 Å². The van der Waals surface area contributed by atoms with Crippen molar-refractivity contribution in [3.05, 3.63) is 53.6 Å². The molecule has 2 aromatic carbocycles. The van der Waals surface area contributed by atoms with Gasteiger partial charge in [-0.15, -0.1) is 0 Å². The molecule has 0 bridgehead atoms. The first-order valence-electron chi connectivity index (χ1n) is 9.10. The van der Waals surface area contributed by atoms with Crippen molar-refractivity contribution in [3.63, 3.8) is 0 Å². The van der Waals surface area contributed by atoms with E-state index < -0.39 is 6.10 Å². The second kappa shape index (κ2) is 8.22. The SMILES string of the molecule is CCCN1C(=O)CCc2cc(NC(=O)C(OC)c3ccccc3O)ccc21. The number of hydrogen-bond donors (Lipinski definition) is 2. The van der Waals surface area contributed by atoms with Gasteiger partial charge in [0, 0.05) is 37.0 Å². The lowest BCUT2D eigenvalue weighted by molar-refractivity contribution is -0.126. The minimum Gasteiger partial charge on any atom is -0.508 e. The Kier molecular flexibility index (Phi) is 5.76. The van der Waals surface area contributed by atoms with Gasteiger partial charge >= 0.3 is 0 Å². The van der Waals surface area contributed by atoms with E-state index in [2.05, 4.69) is 5.32 Å². The van der Waals surface area contributed by atoms with Crippen LogP contribution in [0.4, 0.5) is 11.4 Å². The van der Waals surface area contributed by atoms with Crippen LogP contribution in [0, 0.1) is 0 Å². The van der Waals surface area contributed by atoms with E-state index in [4.69, 9.17) is 4.74 Å². The number of phenols is 1. The van der Waals surface area contributed by atoms with Crippen molar-refractivity contribution in [2.45, 2.75) is 32.3 Å². The van der Waals surface area contributed by atoms with Crippen LogP contribution >= 0.6 is 0 Å². The number of amides is 2. The molecule has 1 unspecified atom stereocenters. The molecular formula is C21H24N2O4. The highest BCUT2D eigenvalue weighted by Crippen LogP contribution is 2.32. The molecule has 0 saturated carbocycles. The number of rotatable bonds is 6. The lowest BCUT2D eigenvalue weighted by Crippen LogP contribution is -2.35. The van der Waals surface area contributed by atoms with Crippen molar-refractivity contribution in [1.29, 1.82) is 0 Å². The molecule has 0 aromatic heterocycles. The molecule has 2 aromatic rings. The molecule has 142 valence electrons. The van der Waals surface area contributed by atoms with Gasteiger partial charge in [0.15, 0.2) is 6.10 Å². The second-order valence-electron chi connectivity index (χ2n) is 6.55. The van der Waals surface area contributed by atoms with Crippen molar-refractivity contribution in [1.82, 2.24) is 0 Å². The Labute approximate surface area is 158 Å². The van der Waals surface area contributed by atoms with Crippen LogP contribution in [0.1, 0.15) is 37.0 Å². The molecule has 2 N–H and O–H groups in total. The third-order valence-electron chi connectivity index (χ3n) is 4.69. The highest BCUT2D eigenvalue weighted by atomic mass is 16.5. The third kappa shape index (κ3) is 3.95. The van der Waals surface area contributed by atoms with Gasteiger partial charge < -0.3 is 20.1 Å². The molecule has 0 spiro atoms. The van der Waals surface area contributed by atoms with Gasteiger partial charge in [-0.3, -0.25) is 9.59 Å². The van der Waals surface area contributed by atoms with Crippen LogP contribution in [-0.4, -0.2) is 30.6 Å². The molecular weight excluding hydrogens is 344 g/mol. The Bertz CT molecular complexity index is 850. The van der Waals surface area contributed by atoms with Crippen LogP contribution in [0.2, 0.25) is 0 Å². The van der Waals surface area contributed by atoms with Crippen LogP contribution < -0.4 is 10.2 Å². The topological polar surface area (TPSA) is 78.9 Å². The first-order valence-corrected chi connectivity index (χ1v) is 9.10. The van der Waals surface area contributed by atoms with E-state index in [1.807, 2.05) is 24.0 Å². The number of para-hydroxylation sites is 1. The predicted octanol–water partition coefficient (Wildman–Crippen LogP) is 3.41. The van der Waals surface area contributed by atoms with Crippen LogP contribution in [0.5, 0.6) is 5.75 Å². The molecule has 6 heteroatoms. The first kappa shape index (κ1) is 18.9. The van der Waals surface area contributed by atoms with E-state index in [1.54, 1.807) is 24.3 Å². The summed E-state index contributed by atoms with van der Waals surface area (Å²) >= 11 is 0. The van der Waals surface area contributed by atoms with Gasteiger partial charge in [-0.25, -0.2) is 0 Å². The number of fused-ring (bicyclic) bond motifs is 1. The Balaban J connectivity index is 1.81. The molecule has 1 aliphatic heterocycles. The number of aromatic hydroxyl groups is 1. The largest absolute Gasteiger partial charge is 0.508 e. The molecule has 1 heterocycles. The summed E-state index contributed by atoms with van der Waals surface area (Å²) in [5, 5.41) is 12.8. The smallest absolute Gasteiger partial charge is 0.258 e. The zero-order valence-corrected chi connectivity index (χ0v) is 15.6. The molecule has 2 amide bonds. The molecule has 1 aliphatic rings. The van der Waals surface area contributed by atoms with Crippen molar-refractivity contribution < 1.29 is 19.4 Å². The number of benzene rings is 2. The normalized spacial score (nSPS) is 14.6. The Hall–Kier alpha value is -2.86. The molecule has 3 rings (SSSR count). The van der Waals surface area contributed by atoms with Gasteiger partial charge in [0.1, 0.15) is 5.75 Å². The van der Waals surface area contributed by atoms with Gasteiger partial charge in [0.25, 0.3) is 5.91 Å². The highest BCUT2D eigenvalue weighted by molar-refractivity contribution is 5.98. The number of ether oxygens (including phenoxy) is 1. The quantitative estimate of drug-likeness (QED) is 0.819. The minimum absolute atomic E-state index is 0.0126. The summed E-state index contributed by atoms with van der Waals surface area (Å²) in [4.78, 5) is 26.6. The number of hydrogen-bond acceptors (Lipinski definition) is 4. The summed E-state index contributed by atoms with van der Waals surface area (Å²) in [6, 6.07) is 12.2. The third-order valence-corrected chi connectivity index (χ3v) is 4.69. The van der Waals surface area contributed by atoms with Gasteiger partial charge in [0.05, 0.1) is 0 Å². The van der Waals surface area contributed by atoms with Gasteiger partial charge in [-0.05, 0) is 42.7 Å². The fraction of sp³-hybridized carbons (Fsp3) is 0.333. The van der Waals surface area contributed by atoms with Gasteiger partial charge in [-0.2, -0.15) is 0 Å². The molecule has 27 heavy (non-hydrogen) atoms. The number of nitrogens with one attached hydrogen (secondary N) is 1. The minimum atomic E-state index is -0.916. The number of anilines is 2. The summed E-state index contributed by atoms with van der Waals surface area (Å²) in [5.41, 5.74) is 3.00. The van der Waals surface area contributed by atoms with E-state index in [0.29, 0.717) is 30.6 Å². The fourth-order valence-electron chi connectivity index (χ4n) is 3.40. The summed E-state index contributed by atoms with van der Waals surface area (Å²) < 4.78 is 5.30. The van der Waals surface area contributed by atoms with E-state index in [9.17, 15) is 14.7 Å². The average molecular weight is 368 g/mol. The fourth-order valence-corrected chi connectivity index (χ4v) is 3.40. The number of methoxy groups -OCH3 is 1. The zero-order valence-electron chi connectivity index (χ0n) is 15.6. The van der Waals surface area contributed by atoms with E-state index in [0.717, 1.165) is 17.7 Å². The molecule has 1 atom stereocenters. The van der Waals surface area contributed by atoms with Crippen molar-refractivity contribution in [3.8, 4) is 5.75 Å². The van der Waals surface area contributed by atoms with E-state index in [1.165, 1.54) is 13.2 Å². The highest BCUT2D eigenvalue weighted by Gasteiger charge is 2.26. The van der Waals surface area contributed by atoms with E-state index in [-0.39, 0.29) is 17.6 Å². The predicted molar refractivity (Wildman–Crippen MR) is 104 cm³/mol. The number of nitrogens with zero attached hydrogens (tertiary/aromatic N) is 1. The molecule has 0 fully saturated rings. The summed E-state index contributed by atoms with van der Waals surface area (Å²) in [6.45, 7) is 2.73. The van der Waals surface area contributed by atoms with Crippen molar-refractivity contribution in [2.24, 2.45) is 0 Å². The molecule has 0 aliphatic carbocycles. The van der Waals surface area contributed by atoms with Crippen LogP contribution in [0.25, 0.3) is 0 Å². The summed E-state index contributed by atoms with van der Waals surface area (Å²) in [5.74, 6) is -0.213. The average Bonchev–Trinajstić information content (AvgIpc) is 2.66. The Morgan fingerprint density at radius 2 is 2.04 bits per heavy atom. The Morgan fingerprint density at radius 3 is 2.74 bits per heavy atom. The standard InChI is InChI=1S/C21H24N2O4/c1-3-12-23-17-10-9-15(13-14(17)8-11-19(23)25)22-21(26)20(27-2)16-6-4-5-7-18(16)24/h4-7,9-10,13,20,24H,3,8,11-12H2,1-2H3,(H,22,26). The molecule has 0 radical (unpaired) electrons. The lowest BCUT2D eigenvalue weighted by Gasteiger charge is -2.29. The number of carbonyl (C=O) groups excluding carboxylic acids is 2.